The molecule has 100 valence electrons. The lowest BCUT2D eigenvalue weighted by molar-refractivity contribution is 0.215. The van der Waals surface area contributed by atoms with Gasteiger partial charge < -0.3 is 10.6 Å². The largest absolute Gasteiger partial charge is 0.326 e. The van der Waals surface area contributed by atoms with Crippen molar-refractivity contribution >= 4 is 0 Å². The molecule has 0 aliphatic heterocycles. The number of hydrogen-bond donors (Lipinski definition) is 1. The van der Waals surface area contributed by atoms with Gasteiger partial charge >= 0.3 is 0 Å². The Balaban J connectivity index is 1.91. The topological polar surface area (TPSA) is 29.3 Å². The van der Waals surface area contributed by atoms with E-state index in [4.69, 9.17) is 5.73 Å². The van der Waals surface area contributed by atoms with E-state index in [-0.39, 0.29) is 0 Å². The van der Waals surface area contributed by atoms with Crippen LogP contribution >= 0.6 is 0 Å². The van der Waals surface area contributed by atoms with Crippen molar-refractivity contribution in [2.24, 2.45) is 11.7 Å². The van der Waals surface area contributed by atoms with Gasteiger partial charge in [0, 0.05) is 25.7 Å². The lowest BCUT2D eigenvalue weighted by atomic mass is 10.0. The molecule has 0 bridgehead atoms. The van der Waals surface area contributed by atoms with Gasteiger partial charge in [0.25, 0.3) is 0 Å². The van der Waals surface area contributed by atoms with E-state index in [1.54, 1.807) is 0 Å². The zero-order chi connectivity index (χ0) is 13.0. The molecule has 0 amide bonds. The van der Waals surface area contributed by atoms with Crippen LogP contribution in [0, 0.1) is 5.92 Å². The highest BCUT2D eigenvalue weighted by Crippen LogP contribution is 2.30. The quantitative estimate of drug-likeness (QED) is 0.801. The standard InChI is InChI=1S/C16H26N2/c1-13(2)18(12-14-7-8-14)10-9-15-5-3-4-6-16(15)11-17/h3-6,13-14H,7-12,17H2,1-2H3. The molecule has 1 saturated carbocycles. The van der Waals surface area contributed by atoms with E-state index in [0.29, 0.717) is 12.6 Å². The fourth-order valence-electron chi connectivity index (χ4n) is 2.46. The van der Waals surface area contributed by atoms with Crippen LogP contribution in [0.5, 0.6) is 0 Å². The van der Waals surface area contributed by atoms with Crippen molar-refractivity contribution in [1.29, 1.82) is 0 Å². The van der Waals surface area contributed by atoms with Crippen LogP contribution in [0.25, 0.3) is 0 Å². The fourth-order valence-corrected chi connectivity index (χ4v) is 2.46. The molecule has 2 rings (SSSR count). The summed E-state index contributed by atoms with van der Waals surface area (Å²) in [6, 6.07) is 9.22. The van der Waals surface area contributed by atoms with Crippen LogP contribution in [-0.2, 0) is 13.0 Å². The molecule has 2 heteroatoms. The fraction of sp³-hybridized carbons (Fsp3) is 0.625. The molecule has 0 heterocycles. The van der Waals surface area contributed by atoms with Crippen molar-refractivity contribution in [3.63, 3.8) is 0 Å². The minimum absolute atomic E-state index is 0.649. The van der Waals surface area contributed by atoms with Gasteiger partial charge in [0.15, 0.2) is 0 Å². The van der Waals surface area contributed by atoms with Gasteiger partial charge in [-0.2, -0.15) is 0 Å². The lowest BCUT2D eigenvalue weighted by Crippen LogP contribution is -2.34. The van der Waals surface area contributed by atoms with Crippen molar-refractivity contribution in [1.82, 2.24) is 4.90 Å². The molecule has 0 unspecified atom stereocenters. The summed E-state index contributed by atoms with van der Waals surface area (Å²) in [5, 5.41) is 0. The third-order valence-electron chi connectivity index (χ3n) is 3.93. The summed E-state index contributed by atoms with van der Waals surface area (Å²) in [5.74, 6) is 0.970. The molecular formula is C16H26N2. The molecule has 2 nitrogen and oxygen atoms in total. The molecule has 18 heavy (non-hydrogen) atoms. The van der Waals surface area contributed by atoms with Crippen LogP contribution in [0.3, 0.4) is 0 Å². The molecule has 0 atom stereocenters. The predicted octanol–water partition coefficient (Wildman–Crippen LogP) is 2.81. The normalized spacial score (nSPS) is 15.6. The highest BCUT2D eigenvalue weighted by molar-refractivity contribution is 5.27. The highest BCUT2D eigenvalue weighted by Gasteiger charge is 2.25. The minimum atomic E-state index is 0.649. The van der Waals surface area contributed by atoms with Crippen molar-refractivity contribution < 1.29 is 0 Å². The first-order chi connectivity index (χ1) is 8.70. The highest BCUT2D eigenvalue weighted by atomic mass is 15.1. The molecule has 1 fully saturated rings. The van der Waals surface area contributed by atoms with E-state index in [2.05, 4.69) is 43.0 Å². The smallest absolute Gasteiger partial charge is 0.0180 e. The summed E-state index contributed by atoms with van der Waals surface area (Å²) in [7, 11) is 0. The van der Waals surface area contributed by atoms with E-state index in [9.17, 15) is 0 Å². The van der Waals surface area contributed by atoms with Gasteiger partial charge in [-0.15, -0.1) is 0 Å². The number of rotatable bonds is 7. The van der Waals surface area contributed by atoms with Gasteiger partial charge in [-0.25, -0.2) is 0 Å². The lowest BCUT2D eigenvalue weighted by Gasteiger charge is -2.26. The summed E-state index contributed by atoms with van der Waals surface area (Å²) in [5.41, 5.74) is 8.51. The van der Waals surface area contributed by atoms with E-state index >= 15 is 0 Å². The molecular weight excluding hydrogens is 220 g/mol. The molecule has 1 aromatic carbocycles. The first-order valence-electron chi connectivity index (χ1n) is 7.21. The molecule has 0 aromatic heterocycles. The number of nitrogens with two attached hydrogens (primary N) is 1. The van der Waals surface area contributed by atoms with Crippen LogP contribution in [0.1, 0.15) is 37.8 Å². The average Bonchev–Trinajstić information content (AvgIpc) is 3.18. The first-order valence-corrected chi connectivity index (χ1v) is 7.21. The predicted molar refractivity (Wildman–Crippen MR) is 77.5 cm³/mol. The molecule has 1 aromatic rings. The second kappa shape index (κ2) is 6.35. The Bertz CT molecular complexity index is 369. The summed E-state index contributed by atoms with van der Waals surface area (Å²) < 4.78 is 0. The second-order valence-electron chi connectivity index (χ2n) is 5.75. The Hall–Kier alpha value is -0.860. The third-order valence-corrected chi connectivity index (χ3v) is 3.93. The zero-order valence-electron chi connectivity index (χ0n) is 11.7. The Morgan fingerprint density at radius 1 is 1.22 bits per heavy atom. The van der Waals surface area contributed by atoms with Crippen LogP contribution in [0.4, 0.5) is 0 Å². The summed E-state index contributed by atoms with van der Waals surface area (Å²) in [6.07, 6.45) is 3.99. The van der Waals surface area contributed by atoms with Crippen LogP contribution < -0.4 is 5.73 Å². The van der Waals surface area contributed by atoms with Gasteiger partial charge in [0.2, 0.25) is 0 Å². The van der Waals surface area contributed by atoms with Crippen molar-refractivity contribution in [3.8, 4) is 0 Å². The average molecular weight is 246 g/mol. The number of hydrogen-bond acceptors (Lipinski definition) is 2. The maximum absolute atomic E-state index is 5.79. The maximum Gasteiger partial charge on any atom is 0.0180 e. The third kappa shape index (κ3) is 3.82. The van der Waals surface area contributed by atoms with Crippen LogP contribution in [-0.4, -0.2) is 24.0 Å². The van der Waals surface area contributed by atoms with Crippen LogP contribution in [0.15, 0.2) is 24.3 Å². The Morgan fingerprint density at radius 3 is 2.44 bits per heavy atom. The maximum atomic E-state index is 5.79. The SMILES string of the molecule is CC(C)N(CCc1ccccc1CN)CC1CC1. The first kappa shape index (κ1) is 13.6. The Kier molecular flexibility index (Phi) is 4.79. The monoisotopic (exact) mass is 246 g/mol. The van der Waals surface area contributed by atoms with Gasteiger partial charge in [-0.05, 0) is 50.2 Å². The van der Waals surface area contributed by atoms with Crippen molar-refractivity contribution in [2.45, 2.75) is 45.7 Å². The number of benzene rings is 1. The van der Waals surface area contributed by atoms with Gasteiger partial charge in [0.05, 0.1) is 0 Å². The van der Waals surface area contributed by atoms with Gasteiger partial charge in [-0.3, -0.25) is 0 Å². The second-order valence-corrected chi connectivity index (χ2v) is 5.75. The van der Waals surface area contributed by atoms with Gasteiger partial charge in [-0.1, -0.05) is 24.3 Å². The molecule has 0 saturated heterocycles. The van der Waals surface area contributed by atoms with Gasteiger partial charge in [0.1, 0.15) is 0 Å². The van der Waals surface area contributed by atoms with E-state index in [1.165, 1.54) is 30.5 Å². The van der Waals surface area contributed by atoms with Crippen molar-refractivity contribution in [3.05, 3.63) is 35.4 Å². The minimum Gasteiger partial charge on any atom is -0.326 e. The Morgan fingerprint density at radius 2 is 1.89 bits per heavy atom. The van der Waals surface area contributed by atoms with E-state index < -0.39 is 0 Å². The molecule has 2 N–H and O–H groups in total. The van der Waals surface area contributed by atoms with E-state index in [0.717, 1.165) is 18.9 Å². The summed E-state index contributed by atoms with van der Waals surface area (Å²) >= 11 is 0. The molecule has 1 aliphatic carbocycles. The van der Waals surface area contributed by atoms with Crippen LogP contribution in [0.2, 0.25) is 0 Å². The van der Waals surface area contributed by atoms with E-state index in [1.807, 2.05) is 0 Å². The molecule has 1 aliphatic rings. The zero-order valence-corrected chi connectivity index (χ0v) is 11.7. The molecule has 0 radical (unpaired) electrons. The summed E-state index contributed by atoms with van der Waals surface area (Å²) in [4.78, 5) is 2.62. The summed E-state index contributed by atoms with van der Waals surface area (Å²) in [6.45, 7) is 7.70. The number of nitrogens with zero attached hydrogens (tertiary/aromatic N) is 1. The van der Waals surface area contributed by atoms with Crippen molar-refractivity contribution in [2.75, 3.05) is 13.1 Å². The molecule has 0 spiro atoms. The Labute approximate surface area is 111 Å².